The quantitative estimate of drug-likeness (QED) is 0.749. The Balaban J connectivity index is 2.37. The molecule has 5 nitrogen and oxygen atoms in total. The highest BCUT2D eigenvalue weighted by molar-refractivity contribution is 5.72. The van der Waals surface area contributed by atoms with Crippen molar-refractivity contribution in [3.63, 3.8) is 0 Å². The highest BCUT2D eigenvalue weighted by Gasteiger charge is 2.11. The average molecular weight is 238 g/mol. The number of carbonyl (C=O) groups excluding carboxylic acids is 1. The molecule has 0 bridgehead atoms. The van der Waals surface area contributed by atoms with Gasteiger partial charge in [-0.15, -0.1) is 0 Å². The lowest BCUT2D eigenvalue weighted by Gasteiger charge is -2.10. The highest BCUT2D eigenvalue weighted by Crippen LogP contribution is 2.08. The van der Waals surface area contributed by atoms with Crippen molar-refractivity contribution in [1.82, 2.24) is 10.3 Å². The molecule has 0 aliphatic carbocycles. The molecule has 1 heterocycles. The summed E-state index contributed by atoms with van der Waals surface area (Å²) in [5.41, 5.74) is 1.06. The number of rotatable bonds is 6. The fourth-order valence-corrected chi connectivity index (χ4v) is 1.39. The number of hydrogen-bond acceptors (Lipinski definition) is 5. The summed E-state index contributed by atoms with van der Waals surface area (Å²) in [7, 11) is 2.98. The van der Waals surface area contributed by atoms with Crippen LogP contribution in [0.25, 0.3) is 0 Å². The number of aromatic nitrogens is 1. The first-order chi connectivity index (χ1) is 8.17. The number of esters is 1. The standard InChI is InChI=1S/C12H18N2O3/c1-9(12(15)17-3)7-13-8-10-4-5-14-11(6-10)16-2/h4-6,9,13H,7-8H2,1-3H3. The van der Waals surface area contributed by atoms with Gasteiger partial charge in [-0.05, 0) is 11.6 Å². The van der Waals surface area contributed by atoms with E-state index < -0.39 is 0 Å². The van der Waals surface area contributed by atoms with Gasteiger partial charge in [0.25, 0.3) is 0 Å². The maximum absolute atomic E-state index is 11.2. The molecule has 1 aromatic rings. The van der Waals surface area contributed by atoms with Crippen molar-refractivity contribution in [1.29, 1.82) is 0 Å². The van der Waals surface area contributed by atoms with Crippen molar-refractivity contribution in [2.75, 3.05) is 20.8 Å². The molecule has 0 saturated heterocycles. The summed E-state index contributed by atoms with van der Waals surface area (Å²) < 4.78 is 9.67. The predicted octanol–water partition coefficient (Wildman–Crippen LogP) is 0.989. The van der Waals surface area contributed by atoms with Gasteiger partial charge in [-0.3, -0.25) is 4.79 Å². The molecule has 0 saturated carbocycles. The number of ether oxygens (including phenoxy) is 2. The Morgan fingerprint density at radius 1 is 1.53 bits per heavy atom. The molecule has 0 radical (unpaired) electrons. The van der Waals surface area contributed by atoms with Crippen LogP contribution in [-0.4, -0.2) is 31.7 Å². The van der Waals surface area contributed by atoms with Gasteiger partial charge in [-0.2, -0.15) is 0 Å². The first kappa shape index (κ1) is 13.4. The van der Waals surface area contributed by atoms with E-state index in [2.05, 4.69) is 15.0 Å². The Hall–Kier alpha value is -1.62. The SMILES string of the molecule is COC(=O)C(C)CNCc1ccnc(OC)c1. The minimum Gasteiger partial charge on any atom is -0.481 e. The van der Waals surface area contributed by atoms with Gasteiger partial charge in [0.15, 0.2) is 0 Å². The fourth-order valence-electron chi connectivity index (χ4n) is 1.39. The van der Waals surface area contributed by atoms with Gasteiger partial charge >= 0.3 is 5.97 Å². The van der Waals surface area contributed by atoms with Crippen molar-refractivity contribution < 1.29 is 14.3 Å². The molecular weight excluding hydrogens is 220 g/mol. The van der Waals surface area contributed by atoms with E-state index in [0.29, 0.717) is 19.0 Å². The topological polar surface area (TPSA) is 60.5 Å². The summed E-state index contributed by atoms with van der Waals surface area (Å²) >= 11 is 0. The summed E-state index contributed by atoms with van der Waals surface area (Å²) in [6.45, 7) is 3.07. The number of nitrogens with one attached hydrogen (secondary N) is 1. The zero-order valence-electron chi connectivity index (χ0n) is 10.4. The van der Waals surface area contributed by atoms with E-state index >= 15 is 0 Å². The van der Waals surface area contributed by atoms with Crippen LogP contribution in [0.15, 0.2) is 18.3 Å². The van der Waals surface area contributed by atoms with Crippen molar-refractivity contribution in [3.8, 4) is 5.88 Å². The largest absolute Gasteiger partial charge is 0.481 e. The Labute approximate surface area is 101 Å². The van der Waals surface area contributed by atoms with E-state index in [0.717, 1.165) is 5.56 Å². The van der Waals surface area contributed by atoms with Crippen LogP contribution in [-0.2, 0) is 16.1 Å². The second kappa shape index (κ2) is 6.85. The minimum absolute atomic E-state index is 0.149. The van der Waals surface area contributed by atoms with Crippen LogP contribution in [0.1, 0.15) is 12.5 Å². The third-order valence-corrected chi connectivity index (χ3v) is 2.39. The summed E-state index contributed by atoms with van der Waals surface area (Å²) in [6.07, 6.45) is 1.69. The van der Waals surface area contributed by atoms with Crippen LogP contribution in [0.3, 0.4) is 0 Å². The van der Waals surface area contributed by atoms with Gasteiger partial charge in [0.05, 0.1) is 20.1 Å². The molecule has 1 N–H and O–H groups in total. The van der Waals surface area contributed by atoms with Gasteiger partial charge in [-0.1, -0.05) is 6.92 Å². The Morgan fingerprint density at radius 3 is 2.94 bits per heavy atom. The maximum Gasteiger partial charge on any atom is 0.309 e. The van der Waals surface area contributed by atoms with Gasteiger partial charge in [0.2, 0.25) is 5.88 Å². The third-order valence-electron chi connectivity index (χ3n) is 2.39. The zero-order valence-corrected chi connectivity index (χ0v) is 10.4. The number of methoxy groups -OCH3 is 2. The molecule has 1 rings (SSSR count). The van der Waals surface area contributed by atoms with Crippen molar-refractivity contribution >= 4 is 5.97 Å². The van der Waals surface area contributed by atoms with Crippen molar-refractivity contribution in [2.24, 2.45) is 5.92 Å². The molecule has 1 atom stereocenters. The predicted molar refractivity (Wildman–Crippen MR) is 63.7 cm³/mol. The molecule has 5 heteroatoms. The normalized spacial score (nSPS) is 11.9. The molecule has 0 fully saturated rings. The molecule has 0 amide bonds. The van der Waals surface area contributed by atoms with Crippen LogP contribution >= 0.6 is 0 Å². The third kappa shape index (κ3) is 4.40. The summed E-state index contributed by atoms with van der Waals surface area (Å²) in [5, 5.41) is 3.18. The smallest absolute Gasteiger partial charge is 0.309 e. The van der Waals surface area contributed by atoms with Gasteiger partial charge in [0.1, 0.15) is 0 Å². The van der Waals surface area contributed by atoms with Crippen molar-refractivity contribution in [3.05, 3.63) is 23.9 Å². The summed E-state index contributed by atoms with van der Waals surface area (Å²) in [5.74, 6) is 0.235. The molecule has 0 aromatic carbocycles. The lowest BCUT2D eigenvalue weighted by molar-refractivity contribution is -0.144. The van der Waals surface area contributed by atoms with Crippen LogP contribution in [0.5, 0.6) is 5.88 Å². The first-order valence-electron chi connectivity index (χ1n) is 5.44. The molecule has 94 valence electrons. The van der Waals surface area contributed by atoms with Gasteiger partial charge < -0.3 is 14.8 Å². The molecule has 0 spiro atoms. The number of pyridine rings is 1. The summed E-state index contributed by atoms with van der Waals surface area (Å²) in [6, 6.07) is 3.76. The van der Waals surface area contributed by atoms with Gasteiger partial charge in [-0.25, -0.2) is 4.98 Å². The number of carbonyl (C=O) groups is 1. The fraction of sp³-hybridized carbons (Fsp3) is 0.500. The van der Waals surface area contributed by atoms with Crippen LogP contribution in [0.4, 0.5) is 0 Å². The minimum atomic E-state index is -0.204. The average Bonchev–Trinajstić information content (AvgIpc) is 2.37. The maximum atomic E-state index is 11.2. The van der Waals surface area contributed by atoms with E-state index in [1.54, 1.807) is 13.3 Å². The van der Waals surface area contributed by atoms with E-state index in [4.69, 9.17) is 4.74 Å². The first-order valence-corrected chi connectivity index (χ1v) is 5.44. The van der Waals surface area contributed by atoms with Crippen LogP contribution < -0.4 is 10.1 Å². The zero-order chi connectivity index (χ0) is 12.7. The lowest BCUT2D eigenvalue weighted by atomic mass is 10.2. The second-order valence-electron chi connectivity index (χ2n) is 3.76. The van der Waals surface area contributed by atoms with Crippen LogP contribution in [0.2, 0.25) is 0 Å². The Morgan fingerprint density at radius 2 is 2.29 bits per heavy atom. The Kier molecular flexibility index (Phi) is 5.42. The lowest BCUT2D eigenvalue weighted by Crippen LogP contribution is -2.27. The molecule has 1 unspecified atom stereocenters. The Bertz CT molecular complexity index is 369. The monoisotopic (exact) mass is 238 g/mol. The summed E-state index contributed by atoms with van der Waals surface area (Å²) in [4.78, 5) is 15.2. The molecular formula is C12H18N2O3. The molecule has 17 heavy (non-hydrogen) atoms. The second-order valence-corrected chi connectivity index (χ2v) is 3.76. The highest BCUT2D eigenvalue weighted by atomic mass is 16.5. The van der Waals surface area contributed by atoms with E-state index in [-0.39, 0.29) is 11.9 Å². The van der Waals surface area contributed by atoms with E-state index in [1.807, 2.05) is 19.1 Å². The molecule has 1 aromatic heterocycles. The number of nitrogens with zero attached hydrogens (tertiary/aromatic N) is 1. The van der Waals surface area contributed by atoms with Gasteiger partial charge in [0, 0.05) is 25.4 Å². The number of hydrogen-bond donors (Lipinski definition) is 1. The van der Waals surface area contributed by atoms with Crippen molar-refractivity contribution in [2.45, 2.75) is 13.5 Å². The van der Waals surface area contributed by atoms with Crippen LogP contribution in [0, 0.1) is 5.92 Å². The van der Waals surface area contributed by atoms with E-state index in [9.17, 15) is 4.79 Å². The van der Waals surface area contributed by atoms with E-state index in [1.165, 1.54) is 7.11 Å². The molecule has 0 aliphatic rings. The molecule has 0 aliphatic heterocycles.